The van der Waals surface area contributed by atoms with E-state index in [0.717, 1.165) is 30.5 Å². The number of hydrogen-bond acceptors (Lipinski definition) is 4. The monoisotopic (exact) mass is 500 g/mol. The maximum absolute atomic E-state index is 11.9. The Morgan fingerprint density at radius 3 is 1.91 bits per heavy atom. The number of ether oxygens (including phenoxy) is 1. The molecule has 0 heterocycles. The van der Waals surface area contributed by atoms with Crippen molar-refractivity contribution in [3.63, 3.8) is 0 Å². The largest absolute Gasteiger partial charge is 1.00 e. The molecule has 7 heteroatoms. The Bertz CT molecular complexity index is 915. The molecule has 0 saturated carbocycles. The van der Waals surface area contributed by atoms with Crippen LogP contribution < -0.4 is 61.2 Å². The van der Waals surface area contributed by atoms with Gasteiger partial charge in [0.25, 0.3) is 10.1 Å². The van der Waals surface area contributed by atoms with Crippen molar-refractivity contribution in [2.24, 2.45) is 0 Å². The van der Waals surface area contributed by atoms with Gasteiger partial charge < -0.3 is 9.84 Å². The summed E-state index contributed by atoms with van der Waals surface area (Å²) in [6, 6.07) is 11.2. The zero-order chi connectivity index (χ0) is 23.2. The predicted molar refractivity (Wildman–Crippen MR) is 127 cm³/mol. The van der Waals surface area contributed by atoms with Gasteiger partial charge in [-0.05, 0) is 42.7 Å². The molecule has 178 valence electrons. The maximum Gasteiger partial charge on any atom is 1.00 e. The molecule has 0 atom stereocenters. The molecule has 2 aromatic carbocycles. The molecule has 1 N–H and O–H groups in total. The van der Waals surface area contributed by atoms with Crippen LogP contribution in [0.5, 0.6) is 17.2 Å². The van der Waals surface area contributed by atoms with Crippen molar-refractivity contribution >= 4 is 10.1 Å². The van der Waals surface area contributed by atoms with Crippen molar-refractivity contribution in [2.75, 3.05) is 0 Å². The molecule has 0 fully saturated rings. The molecule has 0 radical (unpaired) electrons. The fraction of sp³-hybridized carbons (Fsp3) is 0.538. The van der Waals surface area contributed by atoms with Gasteiger partial charge >= 0.3 is 51.4 Å². The van der Waals surface area contributed by atoms with Gasteiger partial charge in [-0.25, -0.2) is 0 Å². The molecule has 0 bridgehead atoms. The number of rotatable bonds is 16. The number of benzene rings is 2. The van der Waals surface area contributed by atoms with Crippen LogP contribution in [0.4, 0.5) is 0 Å². The van der Waals surface area contributed by atoms with E-state index >= 15 is 0 Å². The van der Waals surface area contributed by atoms with Crippen molar-refractivity contribution in [2.45, 2.75) is 95.3 Å². The number of unbranched alkanes of at least 4 members (excludes halogenated alkanes) is 11. The van der Waals surface area contributed by atoms with Gasteiger partial charge in [0.2, 0.25) is 0 Å². The van der Waals surface area contributed by atoms with Crippen molar-refractivity contribution in [3.05, 3.63) is 48.0 Å². The first-order valence-electron chi connectivity index (χ1n) is 12.0. The van der Waals surface area contributed by atoms with E-state index in [0.29, 0.717) is 5.75 Å². The quantitative estimate of drug-likeness (QED) is 0.213. The topological polar surface area (TPSA) is 86.7 Å². The Morgan fingerprint density at radius 1 is 0.818 bits per heavy atom. The van der Waals surface area contributed by atoms with Crippen molar-refractivity contribution in [1.82, 2.24) is 0 Å². The van der Waals surface area contributed by atoms with Crippen LogP contribution in [0.1, 0.15) is 89.5 Å². The molecule has 0 aliphatic carbocycles. The Labute approximate surface area is 242 Å². The van der Waals surface area contributed by atoms with Crippen molar-refractivity contribution < 1.29 is 74.2 Å². The van der Waals surface area contributed by atoms with Gasteiger partial charge in [0, 0.05) is 0 Å². The van der Waals surface area contributed by atoms with Crippen LogP contribution in [-0.4, -0.2) is 13.0 Å². The number of para-hydroxylation sites is 1. The summed E-state index contributed by atoms with van der Waals surface area (Å²) in [4.78, 5) is -0.644. The summed E-state index contributed by atoms with van der Waals surface area (Å²) in [6.07, 6.45) is 16.5. The standard InChI is InChI=1S/C26H38O5S.K/c1-2-3-4-5-6-7-8-9-10-11-12-13-16-22-17-14-15-18-25(22)31-23-19-20-26(24(27)21-23)32(28,29)30;/h14-15,17-21,27H,2-13,16H2,1H3,(H,28,29,30);/q;+1/p-1. The second-order valence-corrected chi connectivity index (χ2v) is 9.82. The predicted octanol–water partition coefficient (Wildman–Crippen LogP) is 4.05. The third kappa shape index (κ3) is 12.2. The third-order valence-corrected chi connectivity index (χ3v) is 6.59. The first-order valence-corrected chi connectivity index (χ1v) is 13.4. The second kappa shape index (κ2) is 17.1. The van der Waals surface area contributed by atoms with E-state index in [1.807, 2.05) is 24.3 Å². The average molecular weight is 501 g/mol. The molecule has 2 rings (SSSR count). The van der Waals surface area contributed by atoms with Gasteiger partial charge in [-0.15, -0.1) is 0 Å². The molecule has 2 aromatic rings. The van der Waals surface area contributed by atoms with Gasteiger partial charge in [0.1, 0.15) is 11.5 Å². The summed E-state index contributed by atoms with van der Waals surface area (Å²) in [5, 5.41) is 11.9. The van der Waals surface area contributed by atoms with E-state index in [1.54, 1.807) is 0 Å². The Balaban J connectivity index is 0.00000544. The zero-order valence-corrected chi connectivity index (χ0v) is 24.2. The minimum Gasteiger partial charge on any atom is -0.871 e. The van der Waals surface area contributed by atoms with E-state index < -0.39 is 20.8 Å². The van der Waals surface area contributed by atoms with Crippen LogP contribution in [0.15, 0.2) is 47.4 Å². The first kappa shape index (κ1) is 30.6. The zero-order valence-electron chi connectivity index (χ0n) is 20.2. The fourth-order valence-corrected chi connectivity index (χ4v) is 4.41. The van der Waals surface area contributed by atoms with Gasteiger partial charge in [-0.2, -0.15) is 8.42 Å². The molecule has 5 nitrogen and oxygen atoms in total. The molecule has 33 heavy (non-hydrogen) atoms. The molecule has 0 aromatic heterocycles. The Hall–Kier alpha value is -0.414. The third-order valence-electron chi connectivity index (χ3n) is 5.69. The molecule has 0 amide bonds. The van der Waals surface area contributed by atoms with Gasteiger partial charge in [-0.3, -0.25) is 4.55 Å². The summed E-state index contributed by atoms with van der Waals surface area (Å²) in [5.74, 6) is 0.127. The Kier molecular flexibility index (Phi) is 15.9. The van der Waals surface area contributed by atoms with Crippen molar-refractivity contribution in [1.29, 1.82) is 0 Å². The van der Waals surface area contributed by atoms with Gasteiger partial charge in [0.15, 0.2) is 0 Å². The van der Waals surface area contributed by atoms with E-state index in [2.05, 4.69) is 6.92 Å². The smallest absolute Gasteiger partial charge is 0.871 e. The number of aryl methyl sites for hydroxylation is 1. The molecular weight excluding hydrogens is 463 g/mol. The summed E-state index contributed by atoms with van der Waals surface area (Å²) in [5.41, 5.74) is 1.06. The van der Waals surface area contributed by atoms with Gasteiger partial charge in [-0.1, -0.05) is 102 Å². The van der Waals surface area contributed by atoms with Gasteiger partial charge in [0.05, 0.1) is 4.90 Å². The molecule has 0 saturated heterocycles. The van der Waals surface area contributed by atoms with Crippen LogP contribution in [0, 0.1) is 0 Å². The van der Waals surface area contributed by atoms with E-state index in [1.165, 1.54) is 76.7 Å². The minimum absolute atomic E-state index is 0. The fourth-order valence-electron chi connectivity index (χ4n) is 3.86. The number of hydrogen-bond donors (Lipinski definition) is 1. The molecule has 0 unspecified atom stereocenters. The average Bonchev–Trinajstić information content (AvgIpc) is 2.75. The summed E-state index contributed by atoms with van der Waals surface area (Å²) < 4.78 is 37.3. The maximum atomic E-state index is 11.9. The summed E-state index contributed by atoms with van der Waals surface area (Å²) in [6.45, 7) is 2.25. The summed E-state index contributed by atoms with van der Waals surface area (Å²) in [7, 11) is -4.53. The molecular formula is C26H37KO5S. The minimum atomic E-state index is -4.53. The van der Waals surface area contributed by atoms with Crippen LogP contribution in [0.25, 0.3) is 0 Å². The molecule has 0 aliphatic heterocycles. The SMILES string of the molecule is CCCCCCCCCCCCCCc1ccccc1Oc1ccc(S(=O)(=O)O)c([O-])c1.[K+]. The van der Waals surface area contributed by atoms with Crippen LogP contribution in [0.3, 0.4) is 0 Å². The first-order chi connectivity index (χ1) is 15.4. The molecule has 0 spiro atoms. The second-order valence-electron chi connectivity index (χ2n) is 8.43. The van der Waals surface area contributed by atoms with E-state index in [9.17, 15) is 13.5 Å². The Morgan fingerprint density at radius 2 is 1.36 bits per heavy atom. The van der Waals surface area contributed by atoms with Crippen LogP contribution in [0.2, 0.25) is 0 Å². The summed E-state index contributed by atoms with van der Waals surface area (Å²) >= 11 is 0. The van der Waals surface area contributed by atoms with Crippen molar-refractivity contribution in [3.8, 4) is 17.2 Å². The molecule has 0 aliphatic rings. The van der Waals surface area contributed by atoms with Crippen LogP contribution >= 0.6 is 0 Å². The normalized spacial score (nSPS) is 11.2. The van der Waals surface area contributed by atoms with E-state index in [4.69, 9.17) is 9.29 Å². The van der Waals surface area contributed by atoms with E-state index in [-0.39, 0.29) is 57.1 Å². The van der Waals surface area contributed by atoms with Crippen LogP contribution in [-0.2, 0) is 16.5 Å².